The number of carbonyl (C=O) groups excluding carboxylic acids is 1. The Morgan fingerprint density at radius 2 is 1.77 bits per heavy atom. The smallest absolute Gasteiger partial charge is 0.417 e. The summed E-state index contributed by atoms with van der Waals surface area (Å²) in [6.07, 6.45) is -3.63. The summed E-state index contributed by atoms with van der Waals surface area (Å²) in [6.45, 7) is 1.47. The lowest BCUT2D eigenvalue weighted by Crippen LogP contribution is -2.49. The van der Waals surface area contributed by atoms with Crippen LogP contribution in [0.1, 0.15) is 34.2 Å². The summed E-state index contributed by atoms with van der Waals surface area (Å²) in [5, 5.41) is 0. The Morgan fingerprint density at radius 1 is 0.968 bits per heavy atom. The summed E-state index contributed by atoms with van der Waals surface area (Å²) in [6, 6.07) is 13.1. The fraction of sp³-hybridized carbons (Fsp3) is 0.304. The molecule has 2 aromatic heterocycles. The van der Waals surface area contributed by atoms with E-state index in [1.807, 2.05) is 6.07 Å². The molecule has 2 unspecified atom stereocenters. The van der Waals surface area contributed by atoms with Crippen LogP contribution < -0.4 is 5.56 Å². The van der Waals surface area contributed by atoms with Gasteiger partial charge in [0.15, 0.2) is 5.76 Å². The molecule has 4 heterocycles. The number of likely N-dealkylation sites (tertiary alicyclic amines) is 1. The number of halogens is 3. The van der Waals surface area contributed by atoms with Crippen LogP contribution in [0.2, 0.25) is 0 Å². The second-order valence-corrected chi connectivity index (χ2v) is 8.12. The van der Waals surface area contributed by atoms with Crippen LogP contribution in [0.4, 0.5) is 13.2 Å². The quantitative estimate of drug-likeness (QED) is 0.609. The van der Waals surface area contributed by atoms with Crippen molar-refractivity contribution >= 4 is 5.91 Å². The second kappa shape index (κ2) is 7.14. The highest BCUT2D eigenvalue weighted by Gasteiger charge is 2.38. The maximum Gasteiger partial charge on any atom is 0.417 e. The Kier molecular flexibility index (Phi) is 4.53. The highest BCUT2D eigenvalue weighted by Crippen LogP contribution is 2.38. The van der Waals surface area contributed by atoms with Crippen LogP contribution in [0.3, 0.4) is 0 Å². The van der Waals surface area contributed by atoms with E-state index in [1.165, 1.54) is 36.4 Å². The van der Waals surface area contributed by atoms with Gasteiger partial charge in [-0.25, -0.2) is 0 Å². The Labute approximate surface area is 175 Å². The molecular formula is C23H19F3N2O3. The number of hydrogen-bond donors (Lipinski definition) is 0. The molecule has 1 amide bonds. The van der Waals surface area contributed by atoms with Crippen LogP contribution >= 0.6 is 0 Å². The highest BCUT2D eigenvalue weighted by atomic mass is 19.4. The van der Waals surface area contributed by atoms with E-state index in [-0.39, 0.29) is 40.4 Å². The number of piperidine rings is 1. The van der Waals surface area contributed by atoms with Crippen molar-refractivity contribution in [2.45, 2.75) is 25.1 Å². The molecule has 2 bridgehead atoms. The molecule has 1 aromatic carbocycles. The van der Waals surface area contributed by atoms with E-state index in [0.29, 0.717) is 19.6 Å². The Bertz CT molecular complexity index is 1210. The molecule has 0 aliphatic carbocycles. The van der Waals surface area contributed by atoms with Crippen LogP contribution in [-0.2, 0) is 12.7 Å². The van der Waals surface area contributed by atoms with E-state index >= 15 is 0 Å². The van der Waals surface area contributed by atoms with E-state index in [4.69, 9.17) is 4.42 Å². The highest BCUT2D eigenvalue weighted by molar-refractivity contribution is 5.92. The molecule has 0 spiro atoms. The van der Waals surface area contributed by atoms with E-state index in [0.717, 1.165) is 18.2 Å². The van der Waals surface area contributed by atoms with E-state index in [9.17, 15) is 22.8 Å². The van der Waals surface area contributed by atoms with Crippen molar-refractivity contribution < 1.29 is 22.4 Å². The van der Waals surface area contributed by atoms with Crippen LogP contribution in [0.15, 0.2) is 63.8 Å². The first-order valence-corrected chi connectivity index (χ1v) is 10.1. The Morgan fingerprint density at radius 3 is 2.58 bits per heavy atom. The second-order valence-electron chi connectivity index (χ2n) is 8.12. The first-order valence-electron chi connectivity index (χ1n) is 10.1. The summed E-state index contributed by atoms with van der Waals surface area (Å²) in [4.78, 5) is 26.9. The predicted molar refractivity (Wildman–Crippen MR) is 107 cm³/mol. The number of fused-ring (bicyclic) bond motifs is 4. The molecule has 2 atom stereocenters. The third kappa shape index (κ3) is 3.45. The van der Waals surface area contributed by atoms with Crippen LogP contribution in [0, 0.1) is 5.92 Å². The zero-order chi connectivity index (χ0) is 21.8. The zero-order valence-corrected chi connectivity index (χ0v) is 16.4. The molecule has 0 radical (unpaired) electrons. The summed E-state index contributed by atoms with van der Waals surface area (Å²) < 4.78 is 47.4. The van der Waals surface area contributed by atoms with Crippen molar-refractivity contribution in [1.29, 1.82) is 0 Å². The number of rotatable bonds is 2. The molecule has 3 aromatic rings. The molecule has 0 saturated carbocycles. The molecule has 0 N–H and O–H groups in total. The van der Waals surface area contributed by atoms with Gasteiger partial charge in [0, 0.05) is 42.9 Å². The largest absolute Gasteiger partial charge is 0.451 e. The van der Waals surface area contributed by atoms with Gasteiger partial charge in [-0.2, -0.15) is 13.2 Å². The maximum atomic E-state index is 13.3. The van der Waals surface area contributed by atoms with Gasteiger partial charge in [-0.1, -0.05) is 24.3 Å². The molecule has 31 heavy (non-hydrogen) atoms. The predicted octanol–water partition coefficient (Wildman–Crippen LogP) is 4.39. The van der Waals surface area contributed by atoms with Gasteiger partial charge in [-0.3, -0.25) is 9.59 Å². The normalized spacial score (nSPS) is 20.4. The van der Waals surface area contributed by atoms with Gasteiger partial charge in [0.1, 0.15) is 5.76 Å². The van der Waals surface area contributed by atoms with Crippen molar-refractivity contribution in [2.75, 3.05) is 13.1 Å². The molecular weight excluding hydrogens is 409 g/mol. The van der Waals surface area contributed by atoms with Crippen molar-refractivity contribution in [3.05, 3.63) is 82.0 Å². The summed E-state index contributed by atoms with van der Waals surface area (Å²) >= 11 is 0. The van der Waals surface area contributed by atoms with Gasteiger partial charge in [0.05, 0.1) is 5.56 Å². The number of aromatic nitrogens is 1. The van der Waals surface area contributed by atoms with E-state index < -0.39 is 11.7 Å². The Balaban J connectivity index is 1.41. The number of alkyl halides is 3. The van der Waals surface area contributed by atoms with Crippen molar-refractivity contribution in [3.63, 3.8) is 0 Å². The topological polar surface area (TPSA) is 55.5 Å². The molecule has 5 nitrogen and oxygen atoms in total. The number of hydrogen-bond acceptors (Lipinski definition) is 3. The van der Waals surface area contributed by atoms with Gasteiger partial charge in [-0.05, 0) is 36.6 Å². The number of pyridine rings is 1. The fourth-order valence-corrected chi connectivity index (χ4v) is 4.76. The molecule has 8 heteroatoms. The molecule has 5 rings (SSSR count). The third-order valence-corrected chi connectivity index (χ3v) is 6.08. The van der Waals surface area contributed by atoms with Gasteiger partial charge >= 0.3 is 6.18 Å². The van der Waals surface area contributed by atoms with Gasteiger partial charge in [0.2, 0.25) is 0 Å². The van der Waals surface area contributed by atoms with Crippen LogP contribution in [-0.4, -0.2) is 28.5 Å². The maximum absolute atomic E-state index is 13.3. The van der Waals surface area contributed by atoms with Crippen molar-refractivity contribution in [1.82, 2.24) is 9.47 Å². The number of furan rings is 1. The SMILES string of the molecule is O=C(c1ccc(-c2ccccc2C(F)(F)F)o1)N1CC2CC(C1)c1cccc(=O)n1C2. The van der Waals surface area contributed by atoms with Gasteiger partial charge in [-0.15, -0.1) is 0 Å². The number of carbonyl (C=O) groups is 1. The van der Waals surface area contributed by atoms with Crippen LogP contribution in [0.5, 0.6) is 0 Å². The van der Waals surface area contributed by atoms with Gasteiger partial charge in [0.25, 0.3) is 11.5 Å². The standard InChI is InChI=1S/C23H19F3N2O3/c24-23(25,26)17-5-2-1-4-16(17)19-8-9-20(31-19)22(30)27-11-14-10-15(13-27)18-6-3-7-21(29)28(18)12-14/h1-9,14-15H,10-13H2. The minimum absolute atomic E-state index is 0.00498. The number of benzene rings is 1. The van der Waals surface area contributed by atoms with E-state index in [2.05, 4.69) is 0 Å². The third-order valence-electron chi connectivity index (χ3n) is 6.08. The van der Waals surface area contributed by atoms with Crippen LogP contribution in [0.25, 0.3) is 11.3 Å². The summed E-state index contributed by atoms with van der Waals surface area (Å²) in [5.41, 5.74) is -0.0257. The molecule has 1 fully saturated rings. The van der Waals surface area contributed by atoms with E-state index in [1.54, 1.807) is 15.5 Å². The molecule has 2 aliphatic heterocycles. The lowest BCUT2D eigenvalue weighted by atomic mass is 9.83. The summed E-state index contributed by atoms with van der Waals surface area (Å²) in [5.74, 6) is -0.138. The lowest BCUT2D eigenvalue weighted by Gasteiger charge is -2.42. The zero-order valence-electron chi connectivity index (χ0n) is 16.4. The van der Waals surface area contributed by atoms with Crippen molar-refractivity contribution in [2.24, 2.45) is 5.92 Å². The lowest BCUT2D eigenvalue weighted by molar-refractivity contribution is -0.137. The number of nitrogens with zero attached hydrogens (tertiary/aromatic N) is 2. The molecule has 160 valence electrons. The Hall–Kier alpha value is -3.29. The average Bonchev–Trinajstić information content (AvgIpc) is 3.23. The van der Waals surface area contributed by atoms with Gasteiger partial charge < -0.3 is 13.9 Å². The monoisotopic (exact) mass is 428 g/mol. The molecule has 2 aliphatic rings. The minimum Gasteiger partial charge on any atom is -0.451 e. The number of amides is 1. The molecule has 1 saturated heterocycles. The minimum atomic E-state index is -4.52. The average molecular weight is 428 g/mol. The first-order chi connectivity index (χ1) is 14.8. The first kappa shape index (κ1) is 19.7. The summed E-state index contributed by atoms with van der Waals surface area (Å²) in [7, 11) is 0. The fourth-order valence-electron chi connectivity index (χ4n) is 4.76. The van der Waals surface area contributed by atoms with Crippen molar-refractivity contribution in [3.8, 4) is 11.3 Å².